The van der Waals surface area contributed by atoms with Crippen LogP contribution in [0.25, 0.3) is 5.82 Å². The maximum absolute atomic E-state index is 12.6. The van der Waals surface area contributed by atoms with Crippen molar-refractivity contribution in [3.8, 4) is 5.82 Å². The smallest absolute Gasteiger partial charge is 0.275 e. The Morgan fingerprint density at radius 3 is 2.79 bits per heavy atom. The molecule has 0 saturated heterocycles. The van der Waals surface area contributed by atoms with Gasteiger partial charge in [-0.05, 0) is 45.8 Å². The van der Waals surface area contributed by atoms with Gasteiger partial charge in [-0.15, -0.1) is 10.2 Å². The fraction of sp³-hybridized carbons (Fsp3) is 0.125. The van der Waals surface area contributed by atoms with E-state index in [4.69, 9.17) is 4.74 Å². The summed E-state index contributed by atoms with van der Waals surface area (Å²) in [7, 11) is 1.63. The van der Waals surface area contributed by atoms with Gasteiger partial charge >= 0.3 is 0 Å². The van der Waals surface area contributed by atoms with Gasteiger partial charge in [-0.2, -0.15) is 0 Å². The Morgan fingerprint density at radius 1 is 1.25 bits per heavy atom. The summed E-state index contributed by atoms with van der Waals surface area (Å²) in [5, 5.41) is 10.3. The van der Waals surface area contributed by atoms with Crippen LogP contribution in [0, 0.1) is 0 Å². The van der Waals surface area contributed by atoms with Gasteiger partial charge < -0.3 is 10.1 Å². The molecule has 0 bridgehead atoms. The number of amides is 1. The number of nitrogens with one attached hydrogen (secondary N) is 1. The molecule has 0 aliphatic carbocycles. The van der Waals surface area contributed by atoms with E-state index in [1.165, 1.54) is 12.7 Å². The second-order valence-electron chi connectivity index (χ2n) is 4.96. The molecule has 122 valence electrons. The Hall–Kier alpha value is -2.58. The fourth-order valence-corrected chi connectivity index (χ4v) is 2.55. The van der Waals surface area contributed by atoms with E-state index < -0.39 is 0 Å². The summed E-state index contributed by atoms with van der Waals surface area (Å²) >= 11 is 3.36. The van der Waals surface area contributed by atoms with Gasteiger partial charge in [0.15, 0.2) is 0 Å². The standard InChI is InChI=1S/C16H14BrN5O2/c1-24-8-11-3-2-4-12(7-11)20-16(23)15-13(17)5-6-14(21-15)22-9-18-19-10-22/h2-7,9-10H,8H2,1H3,(H,20,23). The Kier molecular flexibility index (Phi) is 4.97. The summed E-state index contributed by atoms with van der Waals surface area (Å²) < 4.78 is 7.33. The number of ether oxygens (including phenoxy) is 1. The highest BCUT2D eigenvalue weighted by molar-refractivity contribution is 9.10. The lowest BCUT2D eigenvalue weighted by molar-refractivity contribution is 0.102. The summed E-state index contributed by atoms with van der Waals surface area (Å²) in [4.78, 5) is 16.9. The first-order valence-electron chi connectivity index (χ1n) is 7.08. The minimum atomic E-state index is -0.314. The molecule has 2 heterocycles. The lowest BCUT2D eigenvalue weighted by Crippen LogP contribution is -2.15. The fourth-order valence-electron chi connectivity index (χ4n) is 2.15. The van der Waals surface area contributed by atoms with Crippen molar-refractivity contribution in [3.63, 3.8) is 0 Å². The minimum absolute atomic E-state index is 0.276. The number of carbonyl (C=O) groups is 1. The molecule has 8 heteroatoms. The Bertz CT molecular complexity index is 851. The summed E-state index contributed by atoms with van der Waals surface area (Å²) in [5.41, 5.74) is 1.93. The van der Waals surface area contributed by atoms with Gasteiger partial charge in [-0.3, -0.25) is 9.36 Å². The van der Waals surface area contributed by atoms with E-state index >= 15 is 0 Å². The highest BCUT2D eigenvalue weighted by atomic mass is 79.9. The van der Waals surface area contributed by atoms with Crippen LogP contribution in [0.2, 0.25) is 0 Å². The van der Waals surface area contributed by atoms with Crippen LogP contribution in [0.15, 0.2) is 53.5 Å². The number of benzene rings is 1. The van der Waals surface area contributed by atoms with Crippen molar-refractivity contribution in [3.05, 3.63) is 64.8 Å². The van der Waals surface area contributed by atoms with E-state index in [1.54, 1.807) is 23.8 Å². The molecule has 0 unspecified atom stereocenters. The number of carbonyl (C=O) groups excluding carboxylic acids is 1. The molecule has 2 aromatic heterocycles. The van der Waals surface area contributed by atoms with Crippen LogP contribution in [0.5, 0.6) is 0 Å². The Labute approximate surface area is 146 Å². The molecule has 0 aliphatic heterocycles. The maximum atomic E-state index is 12.6. The average molecular weight is 388 g/mol. The van der Waals surface area contributed by atoms with E-state index in [2.05, 4.69) is 36.4 Å². The van der Waals surface area contributed by atoms with E-state index in [0.717, 1.165) is 5.56 Å². The van der Waals surface area contributed by atoms with Gasteiger partial charge in [0.2, 0.25) is 0 Å². The van der Waals surface area contributed by atoms with Crippen LogP contribution in [-0.4, -0.2) is 32.8 Å². The molecule has 24 heavy (non-hydrogen) atoms. The van der Waals surface area contributed by atoms with Crippen LogP contribution < -0.4 is 5.32 Å². The van der Waals surface area contributed by atoms with Crippen molar-refractivity contribution in [1.82, 2.24) is 19.7 Å². The van der Waals surface area contributed by atoms with Crippen LogP contribution in [-0.2, 0) is 11.3 Å². The van der Waals surface area contributed by atoms with E-state index in [-0.39, 0.29) is 11.6 Å². The Morgan fingerprint density at radius 2 is 2.04 bits per heavy atom. The number of pyridine rings is 1. The van der Waals surface area contributed by atoms with Gasteiger partial charge in [0, 0.05) is 17.3 Å². The average Bonchev–Trinajstić information content (AvgIpc) is 3.10. The lowest BCUT2D eigenvalue weighted by Gasteiger charge is -2.09. The van der Waals surface area contributed by atoms with Crippen LogP contribution in [0.1, 0.15) is 16.1 Å². The third-order valence-corrected chi connectivity index (χ3v) is 3.87. The molecule has 7 nitrogen and oxygen atoms in total. The molecule has 1 aromatic carbocycles. The number of halogens is 1. The molecular formula is C16H14BrN5O2. The molecule has 0 fully saturated rings. The zero-order chi connectivity index (χ0) is 16.9. The van der Waals surface area contributed by atoms with E-state index in [0.29, 0.717) is 22.6 Å². The van der Waals surface area contributed by atoms with Crippen molar-refractivity contribution in [2.24, 2.45) is 0 Å². The molecule has 0 aliphatic rings. The molecule has 0 saturated carbocycles. The Balaban J connectivity index is 1.84. The van der Waals surface area contributed by atoms with Gasteiger partial charge in [0.05, 0.1) is 6.61 Å². The van der Waals surface area contributed by atoms with Crippen molar-refractivity contribution < 1.29 is 9.53 Å². The predicted octanol–water partition coefficient (Wildman–Crippen LogP) is 2.82. The molecule has 0 spiro atoms. The second-order valence-corrected chi connectivity index (χ2v) is 5.81. The summed E-state index contributed by atoms with van der Waals surface area (Å²) in [5.74, 6) is 0.243. The largest absolute Gasteiger partial charge is 0.380 e. The molecular weight excluding hydrogens is 374 g/mol. The van der Waals surface area contributed by atoms with Crippen molar-refractivity contribution in [2.75, 3.05) is 12.4 Å². The number of methoxy groups -OCH3 is 1. The summed E-state index contributed by atoms with van der Waals surface area (Å²) in [6.07, 6.45) is 3.04. The zero-order valence-electron chi connectivity index (χ0n) is 12.8. The molecule has 0 radical (unpaired) electrons. The highest BCUT2D eigenvalue weighted by Gasteiger charge is 2.14. The molecule has 0 atom stereocenters. The number of rotatable bonds is 5. The van der Waals surface area contributed by atoms with Gasteiger partial charge in [0.1, 0.15) is 24.2 Å². The molecule has 1 N–H and O–H groups in total. The SMILES string of the molecule is COCc1cccc(NC(=O)c2nc(-n3cnnc3)ccc2Br)c1. The number of aromatic nitrogens is 4. The molecule has 1 amide bonds. The lowest BCUT2D eigenvalue weighted by atomic mass is 10.2. The summed E-state index contributed by atoms with van der Waals surface area (Å²) in [6, 6.07) is 11.0. The van der Waals surface area contributed by atoms with Gasteiger partial charge in [-0.25, -0.2) is 4.98 Å². The highest BCUT2D eigenvalue weighted by Crippen LogP contribution is 2.19. The van der Waals surface area contributed by atoms with Crippen molar-refractivity contribution in [1.29, 1.82) is 0 Å². The van der Waals surface area contributed by atoms with Gasteiger partial charge in [0.25, 0.3) is 5.91 Å². The first-order chi connectivity index (χ1) is 11.7. The van der Waals surface area contributed by atoms with Crippen LogP contribution >= 0.6 is 15.9 Å². The second kappa shape index (κ2) is 7.33. The minimum Gasteiger partial charge on any atom is -0.380 e. The third-order valence-electron chi connectivity index (χ3n) is 3.23. The van der Waals surface area contributed by atoms with Crippen molar-refractivity contribution >= 4 is 27.5 Å². The zero-order valence-corrected chi connectivity index (χ0v) is 14.4. The first-order valence-corrected chi connectivity index (χ1v) is 7.87. The third kappa shape index (κ3) is 3.66. The topological polar surface area (TPSA) is 81.9 Å². The molecule has 3 rings (SSSR count). The van der Waals surface area contributed by atoms with Gasteiger partial charge in [-0.1, -0.05) is 12.1 Å². The number of anilines is 1. The van der Waals surface area contributed by atoms with E-state index in [9.17, 15) is 4.79 Å². The monoisotopic (exact) mass is 387 g/mol. The van der Waals surface area contributed by atoms with Crippen LogP contribution in [0.3, 0.4) is 0 Å². The normalized spacial score (nSPS) is 10.6. The number of hydrogen-bond donors (Lipinski definition) is 1. The quantitative estimate of drug-likeness (QED) is 0.727. The number of hydrogen-bond acceptors (Lipinski definition) is 5. The maximum Gasteiger partial charge on any atom is 0.275 e. The predicted molar refractivity (Wildman–Crippen MR) is 92.0 cm³/mol. The van der Waals surface area contributed by atoms with E-state index in [1.807, 2.05) is 24.3 Å². The summed E-state index contributed by atoms with van der Waals surface area (Å²) in [6.45, 7) is 0.481. The first kappa shape index (κ1) is 16.3. The number of nitrogens with zero attached hydrogens (tertiary/aromatic N) is 4. The molecule has 3 aromatic rings. The van der Waals surface area contributed by atoms with Crippen molar-refractivity contribution in [2.45, 2.75) is 6.61 Å². The van der Waals surface area contributed by atoms with Crippen LogP contribution in [0.4, 0.5) is 5.69 Å².